The van der Waals surface area contributed by atoms with Crippen LogP contribution in [0.15, 0.2) is 84.0 Å². The number of carbonyl (C=O) groups excluding carboxylic acids is 2. The van der Waals surface area contributed by atoms with Gasteiger partial charge in [0.15, 0.2) is 0 Å². The van der Waals surface area contributed by atoms with E-state index < -0.39 is 0 Å². The zero-order chi connectivity index (χ0) is 21.7. The maximum absolute atomic E-state index is 12.7. The van der Waals surface area contributed by atoms with E-state index in [0.717, 1.165) is 28.3 Å². The number of rotatable bonds is 5. The van der Waals surface area contributed by atoms with Gasteiger partial charge in [-0.05, 0) is 64.4 Å². The second kappa shape index (κ2) is 7.45. The maximum Gasteiger partial charge on any atom is 0.254 e. The molecule has 2 amide bonds. The molecule has 0 spiro atoms. The van der Waals surface area contributed by atoms with Gasteiger partial charge in [-0.25, -0.2) is 0 Å². The number of imide groups is 1. The van der Waals surface area contributed by atoms with E-state index >= 15 is 0 Å². The summed E-state index contributed by atoms with van der Waals surface area (Å²) in [4.78, 5) is 25.4. The summed E-state index contributed by atoms with van der Waals surface area (Å²) < 4.78 is 5.98. The average molecular weight is 422 g/mol. The van der Waals surface area contributed by atoms with E-state index in [-0.39, 0.29) is 35.5 Å². The van der Waals surface area contributed by atoms with Crippen molar-refractivity contribution in [1.82, 2.24) is 5.01 Å². The number of carbonyl (C=O) groups is 2. The number of hydrazone groups is 1. The van der Waals surface area contributed by atoms with Gasteiger partial charge in [0.2, 0.25) is 0 Å². The van der Waals surface area contributed by atoms with Crippen molar-refractivity contribution in [3.63, 3.8) is 0 Å². The van der Waals surface area contributed by atoms with Crippen LogP contribution in [-0.4, -0.2) is 23.0 Å². The van der Waals surface area contributed by atoms with Gasteiger partial charge >= 0.3 is 0 Å². The minimum absolute atomic E-state index is 0.164. The van der Waals surface area contributed by atoms with E-state index in [2.05, 4.69) is 41.5 Å². The van der Waals surface area contributed by atoms with E-state index in [1.165, 1.54) is 10.8 Å². The second-order valence-electron chi connectivity index (χ2n) is 8.73. The number of ether oxygens (including phenoxy) is 1. The third kappa shape index (κ3) is 3.04. The Morgan fingerprint density at radius 2 is 1.56 bits per heavy atom. The maximum atomic E-state index is 12.7. The Kier molecular flexibility index (Phi) is 4.42. The van der Waals surface area contributed by atoms with Gasteiger partial charge in [-0.2, -0.15) is 10.1 Å². The molecule has 0 radical (unpaired) electrons. The Bertz CT molecular complexity index is 1240. The van der Waals surface area contributed by atoms with Gasteiger partial charge in [0.05, 0.1) is 18.1 Å². The molecule has 1 heterocycles. The molecule has 2 fully saturated rings. The lowest BCUT2D eigenvalue weighted by Gasteiger charge is -2.13. The van der Waals surface area contributed by atoms with Crippen molar-refractivity contribution in [2.24, 2.45) is 28.8 Å². The van der Waals surface area contributed by atoms with Crippen LogP contribution in [0.1, 0.15) is 17.5 Å². The van der Waals surface area contributed by atoms with E-state index in [0.29, 0.717) is 6.61 Å². The summed E-state index contributed by atoms with van der Waals surface area (Å²) >= 11 is 0. The Morgan fingerprint density at radius 1 is 0.875 bits per heavy atom. The molecule has 4 unspecified atom stereocenters. The molecule has 4 atom stereocenters. The summed E-state index contributed by atoms with van der Waals surface area (Å²) in [6.07, 6.45) is 6.66. The van der Waals surface area contributed by atoms with Crippen LogP contribution in [0.3, 0.4) is 0 Å². The quantitative estimate of drug-likeness (QED) is 0.344. The lowest BCUT2D eigenvalue weighted by Crippen LogP contribution is -2.28. The number of nitrogens with zero attached hydrogens (tertiary/aromatic N) is 2. The molecule has 0 N–H and O–H groups in total. The SMILES string of the molecule is O=C1C2C3C=CC(C3)C2C(=O)N1N=Cc1ccc(OCc2cccc3ccccc23)cc1. The van der Waals surface area contributed by atoms with Crippen molar-refractivity contribution in [3.05, 3.63) is 90.0 Å². The van der Waals surface area contributed by atoms with Crippen LogP contribution >= 0.6 is 0 Å². The number of allylic oxidation sites excluding steroid dienone is 2. The normalized spacial score (nSPS) is 25.9. The fourth-order valence-electron chi connectivity index (χ4n) is 5.35. The van der Waals surface area contributed by atoms with Gasteiger partial charge in [0.25, 0.3) is 11.8 Å². The molecule has 3 aromatic rings. The molecule has 0 aromatic heterocycles. The summed E-state index contributed by atoms with van der Waals surface area (Å²) in [7, 11) is 0. The third-order valence-electron chi connectivity index (χ3n) is 6.92. The highest BCUT2D eigenvalue weighted by Crippen LogP contribution is 2.52. The standard InChI is InChI=1S/C27H22N2O3/c30-26-24-19-10-11-20(14-19)25(24)27(31)29(26)28-15-17-8-12-22(13-9-17)32-16-21-6-3-5-18-4-1-2-7-23(18)21/h1-13,15,19-20,24-25H,14,16H2. The molecule has 158 valence electrons. The molecule has 1 aliphatic heterocycles. The van der Waals surface area contributed by atoms with Gasteiger partial charge in [-0.1, -0.05) is 54.6 Å². The molecule has 6 rings (SSSR count). The fraction of sp³-hybridized carbons (Fsp3) is 0.222. The van der Waals surface area contributed by atoms with Crippen molar-refractivity contribution in [3.8, 4) is 5.75 Å². The molecule has 5 nitrogen and oxygen atoms in total. The lowest BCUT2D eigenvalue weighted by atomic mass is 9.85. The van der Waals surface area contributed by atoms with Crippen molar-refractivity contribution < 1.29 is 14.3 Å². The number of benzene rings is 3. The van der Waals surface area contributed by atoms with Gasteiger partial charge in [0.1, 0.15) is 12.4 Å². The molecule has 1 saturated heterocycles. The summed E-state index contributed by atoms with van der Waals surface area (Å²) in [5.41, 5.74) is 1.94. The van der Waals surface area contributed by atoms with Crippen LogP contribution in [0.25, 0.3) is 10.8 Å². The molecule has 1 saturated carbocycles. The number of amides is 2. The Balaban J connectivity index is 1.12. The van der Waals surface area contributed by atoms with Crippen molar-refractivity contribution >= 4 is 28.8 Å². The van der Waals surface area contributed by atoms with E-state index in [1.807, 2.05) is 42.5 Å². The first kappa shape index (κ1) is 19.0. The highest BCUT2D eigenvalue weighted by atomic mass is 16.5. The largest absolute Gasteiger partial charge is 0.489 e. The number of fused-ring (bicyclic) bond motifs is 6. The number of hydrogen-bond acceptors (Lipinski definition) is 4. The van der Waals surface area contributed by atoms with Crippen LogP contribution in [0.5, 0.6) is 5.75 Å². The first-order chi connectivity index (χ1) is 15.7. The molecule has 32 heavy (non-hydrogen) atoms. The first-order valence-electron chi connectivity index (χ1n) is 11.0. The van der Waals surface area contributed by atoms with E-state index in [1.54, 1.807) is 6.21 Å². The Labute approximate surface area is 186 Å². The molecular weight excluding hydrogens is 400 g/mol. The van der Waals surface area contributed by atoms with E-state index in [9.17, 15) is 9.59 Å². The van der Waals surface area contributed by atoms with Crippen LogP contribution in [0, 0.1) is 23.7 Å². The highest BCUT2D eigenvalue weighted by molar-refractivity contribution is 6.06. The topological polar surface area (TPSA) is 59.0 Å². The summed E-state index contributed by atoms with van der Waals surface area (Å²) in [5, 5.41) is 7.69. The minimum Gasteiger partial charge on any atom is -0.489 e. The number of hydrogen-bond donors (Lipinski definition) is 0. The second-order valence-corrected chi connectivity index (χ2v) is 8.73. The molecule has 3 aromatic carbocycles. The smallest absolute Gasteiger partial charge is 0.254 e. The molecule has 2 bridgehead atoms. The molecular formula is C27H22N2O3. The minimum atomic E-state index is -0.223. The van der Waals surface area contributed by atoms with Gasteiger partial charge < -0.3 is 4.74 Å². The third-order valence-corrected chi connectivity index (χ3v) is 6.92. The van der Waals surface area contributed by atoms with Crippen LogP contribution < -0.4 is 4.74 Å². The van der Waals surface area contributed by atoms with Gasteiger partial charge in [-0.3, -0.25) is 9.59 Å². The predicted octanol–water partition coefficient (Wildman–Crippen LogP) is 4.56. The van der Waals surface area contributed by atoms with Crippen LogP contribution in [-0.2, 0) is 16.2 Å². The Morgan fingerprint density at radius 3 is 2.31 bits per heavy atom. The summed E-state index contributed by atoms with van der Waals surface area (Å²) in [6.45, 7) is 0.477. The molecule has 3 aliphatic rings. The zero-order valence-corrected chi connectivity index (χ0v) is 17.4. The average Bonchev–Trinajstić information content (AvgIpc) is 3.51. The summed E-state index contributed by atoms with van der Waals surface area (Å²) in [6, 6.07) is 22.0. The lowest BCUT2D eigenvalue weighted by molar-refractivity contribution is -0.140. The van der Waals surface area contributed by atoms with E-state index in [4.69, 9.17) is 4.74 Å². The van der Waals surface area contributed by atoms with Gasteiger partial charge in [0, 0.05) is 0 Å². The summed E-state index contributed by atoms with van der Waals surface area (Å²) in [5.74, 6) is 0.366. The first-order valence-corrected chi connectivity index (χ1v) is 11.0. The van der Waals surface area contributed by atoms with Crippen LogP contribution in [0.4, 0.5) is 0 Å². The predicted molar refractivity (Wildman–Crippen MR) is 122 cm³/mol. The van der Waals surface area contributed by atoms with Crippen molar-refractivity contribution in [2.45, 2.75) is 13.0 Å². The fourth-order valence-corrected chi connectivity index (χ4v) is 5.35. The molecule has 2 aliphatic carbocycles. The zero-order valence-electron chi connectivity index (χ0n) is 17.4. The van der Waals surface area contributed by atoms with Gasteiger partial charge in [-0.15, -0.1) is 0 Å². The Hall–Kier alpha value is -3.73. The van der Waals surface area contributed by atoms with Crippen LogP contribution in [0.2, 0.25) is 0 Å². The monoisotopic (exact) mass is 422 g/mol. The molecule has 5 heteroatoms. The van der Waals surface area contributed by atoms with Crippen molar-refractivity contribution in [1.29, 1.82) is 0 Å². The highest BCUT2D eigenvalue weighted by Gasteiger charge is 2.59. The van der Waals surface area contributed by atoms with Crippen molar-refractivity contribution in [2.75, 3.05) is 0 Å².